The zero-order valence-electron chi connectivity index (χ0n) is 8.81. The monoisotopic (exact) mass is 243 g/mol. The van der Waals surface area contributed by atoms with Gasteiger partial charge >= 0.3 is 0 Å². The predicted molar refractivity (Wildman–Crippen MR) is 60.0 cm³/mol. The molecule has 0 radical (unpaired) electrons. The third-order valence-corrected chi connectivity index (χ3v) is 2.44. The van der Waals surface area contributed by atoms with Crippen LogP contribution < -0.4 is 0 Å². The molecule has 0 saturated carbocycles. The molecule has 0 amide bonds. The van der Waals surface area contributed by atoms with Crippen molar-refractivity contribution in [1.82, 2.24) is 5.01 Å². The third-order valence-electron chi connectivity index (χ3n) is 1.74. The fraction of sp³-hybridized carbons (Fsp3) is 0.333. The summed E-state index contributed by atoms with van der Waals surface area (Å²) >= 11 is 0. The molecule has 1 N–H and O–H groups in total. The van der Waals surface area contributed by atoms with E-state index >= 15 is 0 Å². The molecule has 0 heterocycles. The van der Waals surface area contributed by atoms with E-state index in [4.69, 9.17) is 4.55 Å². The van der Waals surface area contributed by atoms with E-state index in [0.717, 1.165) is 0 Å². The molecule has 0 aliphatic carbocycles. The minimum absolute atomic E-state index is 0.0924. The Morgan fingerprint density at radius 3 is 2.50 bits per heavy atom. The minimum Gasteiger partial charge on any atom is -0.285 e. The molecular weight excluding hydrogens is 230 g/mol. The van der Waals surface area contributed by atoms with Gasteiger partial charge in [-0.2, -0.15) is 8.42 Å². The van der Waals surface area contributed by atoms with E-state index in [1.165, 1.54) is 5.01 Å². The van der Waals surface area contributed by atoms with E-state index in [1.54, 1.807) is 19.2 Å². The molecule has 0 aliphatic heterocycles. The molecule has 1 aromatic carbocycles. The van der Waals surface area contributed by atoms with Crippen LogP contribution >= 0.6 is 0 Å². The summed E-state index contributed by atoms with van der Waals surface area (Å²) in [7, 11) is -2.36. The average Bonchev–Trinajstić information content (AvgIpc) is 2.24. The Morgan fingerprint density at radius 1 is 1.31 bits per heavy atom. The maximum atomic E-state index is 10.5. The van der Waals surface area contributed by atoms with E-state index in [1.807, 2.05) is 18.2 Å². The lowest BCUT2D eigenvalue weighted by molar-refractivity contribution is 0.347. The van der Waals surface area contributed by atoms with Crippen LogP contribution in [0.4, 0.5) is 5.69 Å². The quantitative estimate of drug-likeness (QED) is 0.482. The van der Waals surface area contributed by atoms with Crippen LogP contribution in [-0.4, -0.2) is 37.3 Å². The molecule has 7 heteroatoms. The van der Waals surface area contributed by atoms with E-state index < -0.39 is 10.1 Å². The van der Waals surface area contributed by atoms with Gasteiger partial charge in [-0.1, -0.05) is 23.4 Å². The molecule has 0 bridgehead atoms. The van der Waals surface area contributed by atoms with E-state index in [9.17, 15) is 8.42 Å². The van der Waals surface area contributed by atoms with Gasteiger partial charge in [0, 0.05) is 7.05 Å². The highest BCUT2D eigenvalue weighted by Crippen LogP contribution is 2.10. The van der Waals surface area contributed by atoms with Crippen LogP contribution in [0.5, 0.6) is 0 Å². The second-order valence-corrected chi connectivity index (χ2v) is 4.76. The van der Waals surface area contributed by atoms with Crippen molar-refractivity contribution in [2.24, 2.45) is 10.3 Å². The summed E-state index contributed by atoms with van der Waals surface area (Å²) in [5.74, 6) is -0.364. The predicted octanol–water partition coefficient (Wildman–Crippen LogP) is 1.50. The second-order valence-electron chi connectivity index (χ2n) is 3.19. The zero-order chi connectivity index (χ0) is 12.0. The van der Waals surface area contributed by atoms with Gasteiger partial charge < -0.3 is 0 Å². The molecule has 0 saturated heterocycles. The van der Waals surface area contributed by atoms with Crippen molar-refractivity contribution in [3.63, 3.8) is 0 Å². The molecule has 1 aromatic rings. The highest BCUT2D eigenvalue weighted by Gasteiger charge is 2.05. The highest BCUT2D eigenvalue weighted by molar-refractivity contribution is 7.85. The van der Waals surface area contributed by atoms with Crippen LogP contribution in [-0.2, 0) is 10.1 Å². The summed E-state index contributed by atoms with van der Waals surface area (Å²) in [6, 6.07) is 9.07. The van der Waals surface area contributed by atoms with Gasteiger partial charge in [0.1, 0.15) is 0 Å². The lowest BCUT2D eigenvalue weighted by Crippen LogP contribution is -2.20. The van der Waals surface area contributed by atoms with Gasteiger partial charge in [0.15, 0.2) is 0 Å². The standard InChI is InChI=1S/C9H13N3O3S/c1-12(7-8-16(13,14)15)11-10-9-5-3-2-4-6-9/h2-6H,7-8H2,1H3,(H,13,14,15). The molecule has 16 heavy (non-hydrogen) atoms. The van der Waals surface area contributed by atoms with Gasteiger partial charge in [-0.25, -0.2) is 0 Å². The van der Waals surface area contributed by atoms with Crippen LogP contribution in [0.3, 0.4) is 0 Å². The lowest BCUT2D eigenvalue weighted by Gasteiger charge is -2.08. The van der Waals surface area contributed by atoms with Gasteiger partial charge in [0.25, 0.3) is 10.1 Å². The summed E-state index contributed by atoms with van der Waals surface area (Å²) in [6.45, 7) is 0.0924. The van der Waals surface area contributed by atoms with Crippen LogP contribution in [0.2, 0.25) is 0 Å². The van der Waals surface area contributed by atoms with Gasteiger partial charge in [-0.15, -0.1) is 5.11 Å². The number of hydrogen-bond acceptors (Lipinski definition) is 4. The Balaban J connectivity index is 2.46. The van der Waals surface area contributed by atoms with E-state index in [2.05, 4.69) is 10.3 Å². The van der Waals surface area contributed by atoms with Crippen LogP contribution in [0, 0.1) is 0 Å². The zero-order valence-corrected chi connectivity index (χ0v) is 9.63. The highest BCUT2D eigenvalue weighted by atomic mass is 32.2. The number of benzene rings is 1. The smallest absolute Gasteiger partial charge is 0.266 e. The number of nitrogens with zero attached hydrogens (tertiary/aromatic N) is 3. The molecule has 0 aromatic heterocycles. The Kier molecular flexibility index (Phi) is 4.39. The summed E-state index contributed by atoms with van der Waals surface area (Å²) in [5.41, 5.74) is 0.682. The van der Waals surface area contributed by atoms with Crippen molar-refractivity contribution in [1.29, 1.82) is 0 Å². The molecule has 0 fully saturated rings. The molecule has 0 unspecified atom stereocenters. The Bertz CT molecular complexity index is 444. The SMILES string of the molecule is CN(CCS(=O)(=O)O)N=Nc1ccccc1. The van der Waals surface area contributed by atoms with E-state index in [0.29, 0.717) is 5.69 Å². The van der Waals surface area contributed by atoms with E-state index in [-0.39, 0.29) is 12.3 Å². The van der Waals surface area contributed by atoms with Gasteiger partial charge in [-0.05, 0) is 12.1 Å². The first kappa shape index (κ1) is 12.6. The molecule has 0 aliphatic rings. The average molecular weight is 243 g/mol. The minimum atomic E-state index is -3.95. The Labute approximate surface area is 94.3 Å². The molecule has 88 valence electrons. The van der Waals surface area contributed by atoms with Gasteiger partial charge in [-0.3, -0.25) is 9.56 Å². The first-order chi connectivity index (χ1) is 7.47. The summed E-state index contributed by atoms with van der Waals surface area (Å²) in [4.78, 5) is 0. The lowest BCUT2D eigenvalue weighted by atomic mass is 10.3. The fourth-order valence-corrected chi connectivity index (χ4v) is 1.41. The fourth-order valence-electron chi connectivity index (χ4n) is 0.915. The summed E-state index contributed by atoms with van der Waals surface area (Å²) in [6.07, 6.45) is 0. The number of rotatable bonds is 5. The first-order valence-electron chi connectivity index (χ1n) is 4.60. The molecular formula is C9H13N3O3S. The largest absolute Gasteiger partial charge is 0.285 e. The van der Waals surface area contributed by atoms with Crippen molar-refractivity contribution in [3.05, 3.63) is 30.3 Å². The van der Waals surface area contributed by atoms with Crippen molar-refractivity contribution in [2.75, 3.05) is 19.3 Å². The van der Waals surface area contributed by atoms with Gasteiger partial charge in [0.2, 0.25) is 0 Å². The first-order valence-corrected chi connectivity index (χ1v) is 6.21. The normalized spacial score (nSPS) is 11.9. The summed E-state index contributed by atoms with van der Waals surface area (Å²) < 4.78 is 29.5. The molecule has 0 atom stereocenters. The molecule has 6 nitrogen and oxygen atoms in total. The van der Waals surface area contributed by atoms with Crippen molar-refractivity contribution < 1.29 is 13.0 Å². The van der Waals surface area contributed by atoms with Crippen molar-refractivity contribution >= 4 is 15.8 Å². The van der Waals surface area contributed by atoms with Gasteiger partial charge in [0.05, 0.1) is 18.0 Å². The topological polar surface area (TPSA) is 82.3 Å². The van der Waals surface area contributed by atoms with Crippen LogP contribution in [0.25, 0.3) is 0 Å². The van der Waals surface area contributed by atoms with Crippen LogP contribution in [0.15, 0.2) is 40.7 Å². The molecule has 1 rings (SSSR count). The second kappa shape index (κ2) is 5.57. The van der Waals surface area contributed by atoms with Crippen LogP contribution in [0.1, 0.15) is 0 Å². The van der Waals surface area contributed by atoms with Crippen molar-refractivity contribution in [3.8, 4) is 0 Å². The third kappa shape index (κ3) is 5.42. The van der Waals surface area contributed by atoms with Crippen molar-refractivity contribution in [2.45, 2.75) is 0 Å². The number of hydrogen-bond donors (Lipinski definition) is 1. The Morgan fingerprint density at radius 2 is 1.94 bits per heavy atom. The summed E-state index contributed by atoms with van der Waals surface area (Å²) in [5, 5.41) is 9.01. The maximum absolute atomic E-state index is 10.5. The Hall–Kier alpha value is -1.47. The molecule has 0 spiro atoms. The maximum Gasteiger partial charge on any atom is 0.266 e.